The van der Waals surface area contributed by atoms with Crippen LogP contribution in [-0.4, -0.2) is 0 Å². The van der Waals surface area contributed by atoms with Crippen molar-refractivity contribution in [2.75, 3.05) is 0 Å². The van der Waals surface area contributed by atoms with Crippen LogP contribution in [0.25, 0.3) is 0 Å². The molecule has 0 bridgehead atoms. The van der Waals surface area contributed by atoms with Crippen LogP contribution in [0.15, 0.2) is 48.5 Å². The molecule has 0 aromatic heterocycles. The van der Waals surface area contributed by atoms with E-state index in [0.29, 0.717) is 17.7 Å². The van der Waals surface area contributed by atoms with E-state index in [4.69, 9.17) is 0 Å². The lowest BCUT2D eigenvalue weighted by atomic mass is 10.1. The van der Waals surface area contributed by atoms with Crippen molar-refractivity contribution in [3.8, 4) is 0 Å². The first-order valence-corrected chi connectivity index (χ1v) is 6.52. The van der Waals surface area contributed by atoms with Gasteiger partial charge in [-0.1, -0.05) is 30.3 Å². The van der Waals surface area contributed by atoms with E-state index < -0.39 is 11.7 Å². The molecule has 0 fully saturated rings. The first-order valence-electron chi connectivity index (χ1n) is 6.52. The van der Waals surface area contributed by atoms with Gasteiger partial charge in [0.15, 0.2) is 0 Å². The van der Waals surface area contributed by atoms with Gasteiger partial charge in [-0.05, 0) is 30.7 Å². The number of hydrogen-bond donors (Lipinski definition) is 1. The normalized spacial score (nSPS) is 13.2. The Labute approximate surface area is 120 Å². The van der Waals surface area contributed by atoms with Crippen LogP contribution in [0.3, 0.4) is 0 Å². The zero-order chi connectivity index (χ0) is 15.5. The van der Waals surface area contributed by atoms with E-state index in [-0.39, 0.29) is 11.9 Å². The molecule has 2 aromatic carbocycles. The van der Waals surface area contributed by atoms with E-state index >= 15 is 0 Å². The predicted octanol–water partition coefficient (Wildman–Crippen LogP) is 4.70. The molecule has 112 valence electrons. The van der Waals surface area contributed by atoms with E-state index in [1.54, 1.807) is 18.2 Å². The maximum absolute atomic E-state index is 13.6. The lowest BCUT2D eigenvalue weighted by Gasteiger charge is -2.15. The molecule has 0 aliphatic carbocycles. The minimum atomic E-state index is -4.33. The Kier molecular flexibility index (Phi) is 4.63. The van der Waals surface area contributed by atoms with Gasteiger partial charge >= 0.3 is 6.18 Å². The summed E-state index contributed by atoms with van der Waals surface area (Å²) in [6, 6.07) is 11.1. The van der Waals surface area contributed by atoms with Crippen molar-refractivity contribution in [2.45, 2.75) is 25.7 Å². The first kappa shape index (κ1) is 15.5. The zero-order valence-electron chi connectivity index (χ0n) is 11.4. The van der Waals surface area contributed by atoms with E-state index in [2.05, 4.69) is 5.32 Å². The highest BCUT2D eigenvalue weighted by Gasteiger charge is 2.29. The van der Waals surface area contributed by atoms with Crippen molar-refractivity contribution in [2.24, 2.45) is 0 Å². The summed E-state index contributed by atoms with van der Waals surface area (Å²) in [5, 5.41) is 3.09. The standard InChI is InChI=1S/C16H15F4N/c1-11(14-4-2-3-5-15(14)17)21-10-12-6-8-13(9-7-12)16(18,19)20/h2-9,11,21H,10H2,1H3. The molecular formula is C16H15F4N. The van der Waals surface area contributed by atoms with Gasteiger partial charge in [-0.25, -0.2) is 4.39 Å². The first-order chi connectivity index (χ1) is 9.88. The molecule has 0 spiro atoms. The van der Waals surface area contributed by atoms with Crippen LogP contribution in [-0.2, 0) is 12.7 Å². The van der Waals surface area contributed by atoms with Gasteiger partial charge in [-0.15, -0.1) is 0 Å². The van der Waals surface area contributed by atoms with Gasteiger partial charge in [0.25, 0.3) is 0 Å². The second-order valence-corrected chi connectivity index (χ2v) is 4.82. The third-order valence-corrected chi connectivity index (χ3v) is 3.27. The average molecular weight is 297 g/mol. The van der Waals surface area contributed by atoms with Crippen LogP contribution in [0.2, 0.25) is 0 Å². The summed E-state index contributed by atoms with van der Waals surface area (Å²) in [5.41, 5.74) is 0.573. The summed E-state index contributed by atoms with van der Waals surface area (Å²) in [6.07, 6.45) is -4.33. The smallest absolute Gasteiger partial charge is 0.306 e. The molecule has 2 aromatic rings. The molecule has 2 rings (SSSR count). The second-order valence-electron chi connectivity index (χ2n) is 4.82. The van der Waals surface area contributed by atoms with Gasteiger partial charge in [0.2, 0.25) is 0 Å². The highest BCUT2D eigenvalue weighted by molar-refractivity contribution is 5.25. The summed E-state index contributed by atoms with van der Waals surface area (Å²) < 4.78 is 50.9. The summed E-state index contributed by atoms with van der Waals surface area (Å²) in [6.45, 7) is 2.18. The van der Waals surface area contributed by atoms with E-state index in [9.17, 15) is 17.6 Å². The van der Waals surface area contributed by atoms with Crippen LogP contribution in [0.1, 0.15) is 29.7 Å². The summed E-state index contributed by atoms with van der Waals surface area (Å²) in [5.74, 6) is -0.301. The monoisotopic (exact) mass is 297 g/mol. The Morgan fingerprint density at radius 3 is 2.19 bits per heavy atom. The van der Waals surface area contributed by atoms with E-state index in [1.807, 2.05) is 6.92 Å². The topological polar surface area (TPSA) is 12.0 Å². The molecule has 0 aliphatic rings. The van der Waals surface area contributed by atoms with Crippen molar-refractivity contribution >= 4 is 0 Å². The van der Waals surface area contributed by atoms with Gasteiger partial charge in [-0.2, -0.15) is 13.2 Å². The SMILES string of the molecule is CC(NCc1ccc(C(F)(F)F)cc1)c1ccccc1F. The molecule has 1 atom stereocenters. The molecule has 0 saturated heterocycles. The lowest BCUT2D eigenvalue weighted by Crippen LogP contribution is -2.19. The molecule has 0 heterocycles. The highest BCUT2D eigenvalue weighted by Crippen LogP contribution is 2.29. The maximum atomic E-state index is 13.6. The molecular weight excluding hydrogens is 282 g/mol. The quantitative estimate of drug-likeness (QED) is 0.807. The third-order valence-electron chi connectivity index (χ3n) is 3.27. The third kappa shape index (κ3) is 4.04. The van der Waals surface area contributed by atoms with E-state index in [0.717, 1.165) is 12.1 Å². The number of rotatable bonds is 4. The van der Waals surface area contributed by atoms with Gasteiger partial charge in [0.05, 0.1) is 5.56 Å². The minimum Gasteiger partial charge on any atom is -0.306 e. The van der Waals surface area contributed by atoms with Crippen molar-refractivity contribution in [3.05, 3.63) is 71.0 Å². The van der Waals surface area contributed by atoms with Gasteiger partial charge in [-0.3, -0.25) is 0 Å². The molecule has 0 radical (unpaired) electrons. The Hall–Kier alpha value is -1.88. The van der Waals surface area contributed by atoms with Crippen LogP contribution < -0.4 is 5.32 Å². The van der Waals surface area contributed by atoms with Gasteiger partial charge in [0.1, 0.15) is 5.82 Å². The fraction of sp³-hybridized carbons (Fsp3) is 0.250. The maximum Gasteiger partial charge on any atom is 0.416 e. The molecule has 1 N–H and O–H groups in total. The summed E-state index contributed by atoms with van der Waals surface area (Å²) >= 11 is 0. The van der Waals surface area contributed by atoms with Crippen molar-refractivity contribution in [1.82, 2.24) is 5.32 Å². The fourth-order valence-electron chi connectivity index (χ4n) is 2.02. The van der Waals surface area contributed by atoms with Crippen LogP contribution in [0.4, 0.5) is 17.6 Å². The number of nitrogens with one attached hydrogen (secondary N) is 1. The van der Waals surface area contributed by atoms with Crippen molar-refractivity contribution in [3.63, 3.8) is 0 Å². The molecule has 0 amide bonds. The Bertz CT molecular complexity index is 590. The van der Waals surface area contributed by atoms with Crippen LogP contribution in [0, 0.1) is 5.82 Å². The van der Waals surface area contributed by atoms with Crippen molar-refractivity contribution < 1.29 is 17.6 Å². The van der Waals surface area contributed by atoms with E-state index in [1.165, 1.54) is 18.2 Å². The Morgan fingerprint density at radius 2 is 1.62 bits per heavy atom. The second kappa shape index (κ2) is 6.26. The molecule has 1 nitrogen and oxygen atoms in total. The summed E-state index contributed by atoms with van der Waals surface area (Å²) in [7, 11) is 0. The Balaban J connectivity index is 1.99. The number of hydrogen-bond acceptors (Lipinski definition) is 1. The predicted molar refractivity (Wildman–Crippen MR) is 73.1 cm³/mol. The van der Waals surface area contributed by atoms with Gasteiger partial charge in [0, 0.05) is 18.2 Å². The van der Waals surface area contributed by atoms with Gasteiger partial charge < -0.3 is 5.32 Å². The summed E-state index contributed by atoms with van der Waals surface area (Å²) in [4.78, 5) is 0. The fourth-order valence-corrected chi connectivity index (χ4v) is 2.02. The molecule has 0 aliphatic heterocycles. The molecule has 21 heavy (non-hydrogen) atoms. The Morgan fingerprint density at radius 1 is 1.00 bits per heavy atom. The van der Waals surface area contributed by atoms with Crippen LogP contribution >= 0.6 is 0 Å². The number of halogens is 4. The van der Waals surface area contributed by atoms with Crippen molar-refractivity contribution in [1.29, 1.82) is 0 Å². The highest BCUT2D eigenvalue weighted by atomic mass is 19.4. The largest absolute Gasteiger partial charge is 0.416 e. The molecule has 1 unspecified atom stereocenters. The number of alkyl halides is 3. The zero-order valence-corrected chi connectivity index (χ0v) is 11.4. The lowest BCUT2D eigenvalue weighted by molar-refractivity contribution is -0.137. The molecule has 0 saturated carbocycles. The minimum absolute atomic E-state index is 0.228. The average Bonchev–Trinajstić information content (AvgIpc) is 2.45. The van der Waals surface area contributed by atoms with Crippen LogP contribution in [0.5, 0.6) is 0 Å². The number of benzene rings is 2. The molecule has 5 heteroatoms.